The average molecular weight is 486 g/mol. The van der Waals surface area contributed by atoms with E-state index in [0.29, 0.717) is 30.4 Å². The van der Waals surface area contributed by atoms with Gasteiger partial charge in [-0.05, 0) is 59.0 Å². The Morgan fingerprint density at radius 2 is 1.50 bits per heavy atom. The molecule has 0 amide bonds. The van der Waals surface area contributed by atoms with Crippen LogP contribution in [-0.2, 0) is 10.0 Å². The monoisotopic (exact) mass is 485 g/mol. The lowest BCUT2D eigenvalue weighted by Gasteiger charge is -2.34. The van der Waals surface area contributed by atoms with Crippen molar-refractivity contribution in [3.05, 3.63) is 28.1 Å². The van der Waals surface area contributed by atoms with Crippen LogP contribution in [0, 0.1) is 5.92 Å². The number of sulfonamides is 1. The third kappa shape index (κ3) is 4.19. The Morgan fingerprint density at radius 3 is 2.00 bits per heavy atom. The second-order valence-corrected chi connectivity index (χ2v) is 12.0. The number of anilines is 2. The lowest BCUT2D eigenvalue weighted by Crippen LogP contribution is -2.48. The molecule has 0 radical (unpaired) electrons. The molecule has 4 heterocycles. The molecule has 28 heavy (non-hydrogen) atoms. The summed E-state index contributed by atoms with van der Waals surface area (Å²) in [5, 5.41) is 8.83. The van der Waals surface area contributed by atoms with Gasteiger partial charge in [0, 0.05) is 39.3 Å². The van der Waals surface area contributed by atoms with E-state index in [4.69, 9.17) is 0 Å². The molecule has 2 aromatic rings. The molecular formula is C18H24BrN5O2S2. The molecule has 0 aromatic carbocycles. The van der Waals surface area contributed by atoms with Crippen LogP contribution in [0.4, 0.5) is 11.6 Å². The number of aromatic nitrogens is 2. The van der Waals surface area contributed by atoms with Gasteiger partial charge < -0.3 is 9.80 Å². The van der Waals surface area contributed by atoms with Gasteiger partial charge in [-0.1, -0.05) is 6.92 Å². The van der Waals surface area contributed by atoms with E-state index in [1.807, 2.05) is 12.1 Å². The molecule has 0 unspecified atom stereocenters. The topological polar surface area (TPSA) is 69.6 Å². The molecule has 2 fully saturated rings. The fourth-order valence-electron chi connectivity index (χ4n) is 3.61. The molecule has 0 aliphatic carbocycles. The number of thiophene rings is 1. The van der Waals surface area contributed by atoms with E-state index in [2.05, 4.69) is 42.9 Å². The molecular weight excluding hydrogens is 462 g/mol. The van der Waals surface area contributed by atoms with Gasteiger partial charge in [0.1, 0.15) is 4.21 Å². The second-order valence-electron chi connectivity index (χ2n) is 7.37. The zero-order chi connectivity index (χ0) is 19.7. The number of hydrogen-bond donors (Lipinski definition) is 0. The Morgan fingerprint density at radius 1 is 0.929 bits per heavy atom. The molecule has 0 atom stereocenters. The van der Waals surface area contributed by atoms with Crippen molar-refractivity contribution < 1.29 is 8.42 Å². The van der Waals surface area contributed by atoms with Gasteiger partial charge in [-0.3, -0.25) is 0 Å². The minimum Gasteiger partial charge on any atom is -0.355 e. The van der Waals surface area contributed by atoms with Crippen molar-refractivity contribution in [3.8, 4) is 0 Å². The molecule has 2 aromatic heterocycles. The highest BCUT2D eigenvalue weighted by molar-refractivity contribution is 9.11. The predicted octanol–water partition coefficient (Wildman–Crippen LogP) is 3.05. The van der Waals surface area contributed by atoms with Gasteiger partial charge in [0.15, 0.2) is 11.6 Å². The molecule has 2 aliphatic rings. The summed E-state index contributed by atoms with van der Waals surface area (Å²) in [6.07, 6.45) is 2.39. The highest BCUT2D eigenvalue weighted by atomic mass is 79.9. The first-order valence-electron chi connectivity index (χ1n) is 9.52. The molecule has 2 saturated heterocycles. The number of piperazine rings is 1. The first kappa shape index (κ1) is 20.1. The third-order valence-corrected chi connectivity index (χ3v) is 9.44. The van der Waals surface area contributed by atoms with Crippen LogP contribution in [0.1, 0.15) is 19.8 Å². The largest absolute Gasteiger partial charge is 0.355 e. The fourth-order valence-corrected chi connectivity index (χ4v) is 7.20. The summed E-state index contributed by atoms with van der Waals surface area (Å²) in [6.45, 7) is 6.48. The molecule has 4 rings (SSSR count). The molecule has 0 spiro atoms. The SMILES string of the molecule is CC1CCN(c2ccc(N3CCN(S(=O)(=O)c4ccc(Br)s4)CC3)nn2)CC1. The van der Waals surface area contributed by atoms with Crippen LogP contribution in [0.3, 0.4) is 0 Å². The third-order valence-electron chi connectivity index (χ3n) is 5.45. The molecule has 0 saturated carbocycles. The van der Waals surface area contributed by atoms with Gasteiger partial charge in [0.05, 0.1) is 3.79 Å². The van der Waals surface area contributed by atoms with Crippen molar-refractivity contribution in [2.45, 2.75) is 24.0 Å². The number of hydrogen-bond acceptors (Lipinski definition) is 7. The minimum atomic E-state index is -3.42. The molecule has 7 nitrogen and oxygen atoms in total. The number of rotatable bonds is 4. The van der Waals surface area contributed by atoms with E-state index in [1.54, 1.807) is 16.4 Å². The van der Waals surface area contributed by atoms with Gasteiger partial charge in [-0.15, -0.1) is 21.5 Å². The van der Waals surface area contributed by atoms with E-state index < -0.39 is 10.0 Å². The van der Waals surface area contributed by atoms with Crippen LogP contribution in [0.15, 0.2) is 32.3 Å². The minimum absolute atomic E-state index is 0.382. The maximum atomic E-state index is 12.8. The predicted molar refractivity (Wildman–Crippen MR) is 116 cm³/mol. The standard InChI is InChI=1S/C18H24BrN5O2S2/c1-14-6-8-22(9-7-14)16-3-4-17(21-20-16)23-10-12-24(13-11-23)28(25,26)18-5-2-15(19)27-18/h2-5,14H,6-13H2,1H3. The van der Waals surface area contributed by atoms with Gasteiger partial charge >= 0.3 is 0 Å². The van der Waals surface area contributed by atoms with E-state index in [0.717, 1.165) is 34.4 Å². The summed E-state index contributed by atoms with van der Waals surface area (Å²) in [5.74, 6) is 2.52. The second kappa shape index (κ2) is 8.25. The Kier molecular flexibility index (Phi) is 5.91. The van der Waals surface area contributed by atoms with Crippen LogP contribution in [0.5, 0.6) is 0 Å². The van der Waals surface area contributed by atoms with E-state index in [-0.39, 0.29) is 0 Å². The zero-order valence-electron chi connectivity index (χ0n) is 15.8. The molecule has 152 valence electrons. The Balaban J connectivity index is 1.37. The van der Waals surface area contributed by atoms with Crippen molar-refractivity contribution in [2.75, 3.05) is 49.1 Å². The van der Waals surface area contributed by atoms with Crippen LogP contribution in [-0.4, -0.2) is 62.2 Å². The van der Waals surface area contributed by atoms with Crippen LogP contribution >= 0.6 is 27.3 Å². The molecule has 0 bridgehead atoms. The summed E-state index contributed by atoms with van der Waals surface area (Å²) in [6, 6.07) is 7.46. The molecule has 0 N–H and O–H groups in total. The van der Waals surface area contributed by atoms with Gasteiger partial charge in [0.25, 0.3) is 10.0 Å². The highest BCUT2D eigenvalue weighted by Gasteiger charge is 2.30. The fraction of sp³-hybridized carbons (Fsp3) is 0.556. The van der Waals surface area contributed by atoms with Crippen LogP contribution in [0.2, 0.25) is 0 Å². The first-order valence-corrected chi connectivity index (χ1v) is 12.6. The van der Waals surface area contributed by atoms with E-state index in [1.165, 1.54) is 24.2 Å². The van der Waals surface area contributed by atoms with Crippen molar-refractivity contribution in [2.24, 2.45) is 5.92 Å². The van der Waals surface area contributed by atoms with Crippen molar-refractivity contribution in [3.63, 3.8) is 0 Å². The first-order chi connectivity index (χ1) is 13.4. The normalized spacial score (nSPS) is 19.9. The molecule has 10 heteroatoms. The van der Waals surface area contributed by atoms with Crippen molar-refractivity contribution >= 4 is 48.9 Å². The number of nitrogens with zero attached hydrogens (tertiary/aromatic N) is 5. The average Bonchev–Trinajstić information content (AvgIpc) is 3.16. The number of halogens is 1. The lowest BCUT2D eigenvalue weighted by molar-refractivity contribution is 0.384. The highest BCUT2D eigenvalue weighted by Crippen LogP contribution is 2.29. The van der Waals surface area contributed by atoms with E-state index >= 15 is 0 Å². The van der Waals surface area contributed by atoms with Crippen molar-refractivity contribution in [1.29, 1.82) is 0 Å². The summed E-state index contributed by atoms with van der Waals surface area (Å²) in [4.78, 5) is 4.39. The molecule has 2 aliphatic heterocycles. The Bertz CT molecular complexity index is 902. The number of piperidine rings is 1. The summed E-state index contributed by atoms with van der Waals surface area (Å²) in [5.41, 5.74) is 0. The maximum absolute atomic E-state index is 12.8. The Hall–Kier alpha value is -1.23. The van der Waals surface area contributed by atoms with Gasteiger partial charge in [-0.2, -0.15) is 4.31 Å². The summed E-state index contributed by atoms with van der Waals surface area (Å²) in [7, 11) is -3.42. The van der Waals surface area contributed by atoms with Gasteiger partial charge in [-0.25, -0.2) is 8.42 Å². The van der Waals surface area contributed by atoms with Crippen molar-refractivity contribution in [1.82, 2.24) is 14.5 Å². The quantitative estimate of drug-likeness (QED) is 0.662. The lowest BCUT2D eigenvalue weighted by atomic mass is 9.99. The van der Waals surface area contributed by atoms with Crippen LogP contribution < -0.4 is 9.80 Å². The van der Waals surface area contributed by atoms with Gasteiger partial charge in [0.2, 0.25) is 0 Å². The Labute approximate surface area is 178 Å². The van der Waals surface area contributed by atoms with Crippen LogP contribution in [0.25, 0.3) is 0 Å². The summed E-state index contributed by atoms with van der Waals surface area (Å²) < 4.78 is 28.3. The zero-order valence-corrected chi connectivity index (χ0v) is 19.0. The maximum Gasteiger partial charge on any atom is 0.252 e. The summed E-state index contributed by atoms with van der Waals surface area (Å²) >= 11 is 4.58. The smallest absolute Gasteiger partial charge is 0.252 e. The van der Waals surface area contributed by atoms with E-state index in [9.17, 15) is 8.42 Å².